The van der Waals surface area contributed by atoms with E-state index in [1.165, 1.54) is 0 Å². The molecule has 0 aliphatic carbocycles. The van der Waals surface area contributed by atoms with Gasteiger partial charge in [-0.05, 0) is 24.3 Å². The SMILES string of the molecule is ClCCc1nc2ccccc2n1-c1ccccc1. The van der Waals surface area contributed by atoms with Gasteiger partial charge in [0.1, 0.15) is 5.82 Å². The first kappa shape index (κ1) is 11.3. The van der Waals surface area contributed by atoms with Crippen molar-refractivity contribution < 1.29 is 0 Å². The van der Waals surface area contributed by atoms with Gasteiger partial charge in [-0.2, -0.15) is 0 Å². The van der Waals surface area contributed by atoms with Crippen LogP contribution in [0.15, 0.2) is 54.6 Å². The number of rotatable bonds is 3. The smallest absolute Gasteiger partial charge is 0.115 e. The van der Waals surface area contributed by atoms with Crippen LogP contribution in [-0.4, -0.2) is 15.4 Å². The van der Waals surface area contributed by atoms with E-state index in [0.717, 1.165) is 29.0 Å². The summed E-state index contributed by atoms with van der Waals surface area (Å²) in [7, 11) is 0. The molecule has 0 fully saturated rings. The van der Waals surface area contributed by atoms with Crippen LogP contribution in [0.25, 0.3) is 16.7 Å². The lowest BCUT2D eigenvalue weighted by Crippen LogP contribution is -2.01. The van der Waals surface area contributed by atoms with E-state index in [4.69, 9.17) is 11.6 Å². The van der Waals surface area contributed by atoms with E-state index in [1.54, 1.807) is 0 Å². The number of fused-ring (bicyclic) bond motifs is 1. The second-order valence-electron chi connectivity index (χ2n) is 4.13. The van der Waals surface area contributed by atoms with Gasteiger partial charge in [-0.3, -0.25) is 4.57 Å². The standard InChI is InChI=1S/C15H13ClN2/c16-11-10-15-17-13-8-4-5-9-14(13)18(15)12-6-2-1-3-7-12/h1-9H,10-11H2. The molecule has 2 nitrogen and oxygen atoms in total. The molecule has 0 radical (unpaired) electrons. The Hall–Kier alpha value is -1.80. The molecule has 0 unspecified atom stereocenters. The van der Waals surface area contributed by atoms with Crippen LogP contribution in [-0.2, 0) is 6.42 Å². The molecule has 0 amide bonds. The predicted molar refractivity (Wildman–Crippen MR) is 75.5 cm³/mol. The van der Waals surface area contributed by atoms with E-state index in [-0.39, 0.29) is 0 Å². The monoisotopic (exact) mass is 256 g/mol. The van der Waals surface area contributed by atoms with Gasteiger partial charge < -0.3 is 0 Å². The molecule has 3 heteroatoms. The lowest BCUT2D eigenvalue weighted by molar-refractivity contribution is 0.912. The maximum atomic E-state index is 5.87. The van der Waals surface area contributed by atoms with Crippen LogP contribution in [0.4, 0.5) is 0 Å². The van der Waals surface area contributed by atoms with Crippen molar-refractivity contribution in [2.45, 2.75) is 6.42 Å². The number of hydrogen-bond acceptors (Lipinski definition) is 1. The maximum absolute atomic E-state index is 5.87. The van der Waals surface area contributed by atoms with Gasteiger partial charge in [0.25, 0.3) is 0 Å². The number of hydrogen-bond donors (Lipinski definition) is 0. The first-order valence-electron chi connectivity index (χ1n) is 5.98. The second-order valence-corrected chi connectivity index (χ2v) is 4.50. The number of imidazole rings is 1. The highest BCUT2D eigenvalue weighted by Gasteiger charge is 2.10. The van der Waals surface area contributed by atoms with Gasteiger partial charge in [0, 0.05) is 18.0 Å². The van der Waals surface area contributed by atoms with Crippen molar-refractivity contribution in [3.8, 4) is 5.69 Å². The second kappa shape index (κ2) is 4.83. The average molecular weight is 257 g/mol. The number of aromatic nitrogens is 2. The quantitative estimate of drug-likeness (QED) is 0.652. The summed E-state index contributed by atoms with van der Waals surface area (Å²) in [4.78, 5) is 4.66. The lowest BCUT2D eigenvalue weighted by atomic mass is 10.2. The van der Waals surface area contributed by atoms with Crippen LogP contribution in [0.5, 0.6) is 0 Å². The molecule has 1 aromatic heterocycles. The van der Waals surface area contributed by atoms with Crippen LogP contribution in [0, 0.1) is 0 Å². The Morgan fingerprint density at radius 1 is 0.944 bits per heavy atom. The lowest BCUT2D eigenvalue weighted by Gasteiger charge is -2.08. The molecule has 0 spiro atoms. The zero-order valence-corrected chi connectivity index (χ0v) is 10.6. The largest absolute Gasteiger partial charge is 0.296 e. The molecule has 2 aromatic carbocycles. The van der Waals surface area contributed by atoms with Crippen molar-refractivity contribution in [1.29, 1.82) is 0 Å². The molecular weight excluding hydrogens is 244 g/mol. The molecule has 3 rings (SSSR count). The fourth-order valence-electron chi connectivity index (χ4n) is 2.19. The highest BCUT2D eigenvalue weighted by molar-refractivity contribution is 6.17. The molecular formula is C15H13ClN2. The number of halogens is 1. The fourth-order valence-corrected chi connectivity index (χ4v) is 2.36. The Kier molecular flexibility index (Phi) is 3.03. The average Bonchev–Trinajstić information content (AvgIpc) is 2.78. The minimum Gasteiger partial charge on any atom is -0.296 e. The van der Waals surface area contributed by atoms with Crippen LogP contribution in [0.3, 0.4) is 0 Å². The summed E-state index contributed by atoms with van der Waals surface area (Å²) in [6.45, 7) is 0. The Balaban J connectivity index is 2.28. The molecule has 0 aliphatic rings. The van der Waals surface area contributed by atoms with Gasteiger partial charge in [-0.25, -0.2) is 4.98 Å². The molecule has 0 atom stereocenters. The van der Waals surface area contributed by atoms with Gasteiger partial charge in [-0.15, -0.1) is 11.6 Å². The number of nitrogens with zero attached hydrogens (tertiary/aromatic N) is 2. The van der Waals surface area contributed by atoms with E-state index in [9.17, 15) is 0 Å². The summed E-state index contributed by atoms with van der Waals surface area (Å²) in [6, 6.07) is 18.4. The van der Waals surface area contributed by atoms with E-state index < -0.39 is 0 Å². The molecule has 0 N–H and O–H groups in total. The topological polar surface area (TPSA) is 17.8 Å². The Morgan fingerprint density at radius 2 is 1.67 bits per heavy atom. The highest BCUT2D eigenvalue weighted by Crippen LogP contribution is 2.21. The van der Waals surface area contributed by atoms with Crippen molar-refractivity contribution in [2.24, 2.45) is 0 Å². The van der Waals surface area contributed by atoms with E-state index in [1.807, 2.05) is 36.4 Å². The van der Waals surface area contributed by atoms with Crippen LogP contribution in [0.2, 0.25) is 0 Å². The summed E-state index contributed by atoms with van der Waals surface area (Å²) >= 11 is 5.87. The molecule has 0 aliphatic heterocycles. The molecule has 0 saturated heterocycles. The number of benzene rings is 2. The normalized spacial score (nSPS) is 10.9. The Bertz CT molecular complexity index is 659. The van der Waals surface area contributed by atoms with Crippen LogP contribution < -0.4 is 0 Å². The van der Waals surface area contributed by atoms with E-state index in [0.29, 0.717) is 5.88 Å². The van der Waals surface area contributed by atoms with Gasteiger partial charge in [-0.1, -0.05) is 30.3 Å². The number of alkyl halides is 1. The third-order valence-corrected chi connectivity index (χ3v) is 3.15. The summed E-state index contributed by atoms with van der Waals surface area (Å²) in [5, 5.41) is 0. The van der Waals surface area contributed by atoms with Gasteiger partial charge in [0.15, 0.2) is 0 Å². The molecule has 18 heavy (non-hydrogen) atoms. The molecule has 90 valence electrons. The first-order valence-corrected chi connectivity index (χ1v) is 6.51. The van der Waals surface area contributed by atoms with Crippen molar-refractivity contribution in [1.82, 2.24) is 9.55 Å². The third kappa shape index (κ3) is 1.89. The predicted octanol–water partition coefficient (Wildman–Crippen LogP) is 3.81. The van der Waals surface area contributed by atoms with Crippen molar-refractivity contribution in [2.75, 3.05) is 5.88 Å². The molecule has 0 bridgehead atoms. The van der Waals surface area contributed by atoms with Crippen molar-refractivity contribution >= 4 is 22.6 Å². The summed E-state index contributed by atoms with van der Waals surface area (Å²) in [6.07, 6.45) is 0.769. The Morgan fingerprint density at radius 3 is 2.44 bits per heavy atom. The number of aryl methyl sites for hydroxylation is 1. The van der Waals surface area contributed by atoms with E-state index >= 15 is 0 Å². The zero-order valence-electron chi connectivity index (χ0n) is 9.88. The minimum absolute atomic E-state index is 0.580. The maximum Gasteiger partial charge on any atom is 0.115 e. The molecule has 0 saturated carbocycles. The highest BCUT2D eigenvalue weighted by atomic mass is 35.5. The zero-order chi connectivity index (χ0) is 12.4. The minimum atomic E-state index is 0.580. The summed E-state index contributed by atoms with van der Waals surface area (Å²) < 4.78 is 2.18. The van der Waals surface area contributed by atoms with Crippen LogP contribution >= 0.6 is 11.6 Å². The van der Waals surface area contributed by atoms with E-state index in [2.05, 4.69) is 27.8 Å². The third-order valence-electron chi connectivity index (χ3n) is 2.96. The molecule has 1 heterocycles. The molecule has 3 aromatic rings. The van der Waals surface area contributed by atoms with Crippen molar-refractivity contribution in [3.63, 3.8) is 0 Å². The summed E-state index contributed by atoms with van der Waals surface area (Å²) in [5.41, 5.74) is 3.27. The van der Waals surface area contributed by atoms with Crippen molar-refractivity contribution in [3.05, 3.63) is 60.4 Å². The van der Waals surface area contributed by atoms with Gasteiger partial charge >= 0.3 is 0 Å². The van der Waals surface area contributed by atoms with Gasteiger partial charge in [0.05, 0.1) is 11.0 Å². The fraction of sp³-hybridized carbons (Fsp3) is 0.133. The number of para-hydroxylation sites is 3. The summed E-state index contributed by atoms with van der Waals surface area (Å²) in [5.74, 6) is 1.59. The Labute approximate surface area is 111 Å². The first-order chi connectivity index (χ1) is 8.90. The van der Waals surface area contributed by atoms with Crippen LogP contribution in [0.1, 0.15) is 5.82 Å². The van der Waals surface area contributed by atoms with Gasteiger partial charge in [0.2, 0.25) is 0 Å².